The van der Waals surface area contributed by atoms with Gasteiger partial charge in [0, 0.05) is 0 Å². The summed E-state index contributed by atoms with van der Waals surface area (Å²) in [6.45, 7) is 3.68. The van der Waals surface area contributed by atoms with Crippen molar-refractivity contribution in [3.63, 3.8) is 0 Å². The van der Waals surface area contributed by atoms with Gasteiger partial charge in [-0.2, -0.15) is 0 Å². The summed E-state index contributed by atoms with van der Waals surface area (Å²) in [5.41, 5.74) is 0. The second kappa shape index (κ2) is 6.52. The van der Waals surface area contributed by atoms with Crippen molar-refractivity contribution in [2.24, 2.45) is 0 Å². The van der Waals surface area contributed by atoms with Crippen molar-refractivity contribution in [2.45, 2.75) is 13.8 Å². The summed E-state index contributed by atoms with van der Waals surface area (Å²) < 4.78 is 10.1. The molecule has 1 aromatic rings. The minimum absolute atomic E-state index is 0.311. The molecule has 0 atom stereocenters. The average molecular weight is 275 g/mol. The molecule has 5 heteroatoms. The molecule has 0 aliphatic carbocycles. The minimum Gasteiger partial charge on any atom is -0.463 e. The summed E-state index contributed by atoms with van der Waals surface area (Å²) in [5, 5.41) is 0.707. The number of allylic oxidation sites excluding steroid dienone is 1. The lowest BCUT2D eigenvalue weighted by Crippen LogP contribution is -2.02. The Labute approximate surface area is 110 Å². The molecule has 0 saturated heterocycles. The summed E-state index contributed by atoms with van der Waals surface area (Å²) in [4.78, 5) is 11.2. The van der Waals surface area contributed by atoms with E-state index in [1.54, 1.807) is 32.0 Å². The molecule has 17 heavy (non-hydrogen) atoms. The zero-order chi connectivity index (χ0) is 12.8. The van der Waals surface area contributed by atoms with Crippen LogP contribution < -0.4 is 4.74 Å². The Morgan fingerprint density at radius 3 is 2.76 bits per heavy atom. The number of carbonyl (C=O) groups excluding carboxylic acids is 1. The molecule has 1 rings (SSSR count). The van der Waals surface area contributed by atoms with Crippen molar-refractivity contribution in [1.29, 1.82) is 0 Å². The van der Waals surface area contributed by atoms with Crippen molar-refractivity contribution in [3.05, 3.63) is 40.1 Å². The van der Waals surface area contributed by atoms with Crippen LogP contribution >= 0.6 is 23.2 Å². The summed E-state index contributed by atoms with van der Waals surface area (Å²) >= 11 is 11.8. The number of hydrogen-bond donors (Lipinski definition) is 0. The van der Waals surface area contributed by atoms with Crippen LogP contribution in [0, 0.1) is 0 Å². The Bertz CT molecular complexity index is 441. The maximum atomic E-state index is 11.2. The van der Waals surface area contributed by atoms with Crippen LogP contribution in [0.5, 0.6) is 5.75 Å². The van der Waals surface area contributed by atoms with Gasteiger partial charge in [0.05, 0.1) is 17.7 Å². The number of ether oxygens (including phenoxy) is 2. The van der Waals surface area contributed by atoms with E-state index in [0.717, 1.165) is 0 Å². The van der Waals surface area contributed by atoms with E-state index in [2.05, 4.69) is 0 Å². The molecule has 0 unspecified atom stereocenters. The van der Waals surface area contributed by atoms with Gasteiger partial charge in [-0.15, -0.1) is 0 Å². The molecule has 0 heterocycles. The maximum Gasteiger partial charge on any atom is 0.334 e. The Kier molecular flexibility index (Phi) is 5.32. The van der Waals surface area contributed by atoms with Crippen LogP contribution in [0.3, 0.4) is 0 Å². The van der Waals surface area contributed by atoms with Gasteiger partial charge in [-0.1, -0.05) is 29.3 Å². The molecule has 3 nitrogen and oxygen atoms in total. The third-order valence-corrected chi connectivity index (χ3v) is 2.60. The number of benzene rings is 1. The molecule has 0 radical (unpaired) electrons. The van der Waals surface area contributed by atoms with Crippen LogP contribution in [-0.2, 0) is 9.53 Å². The first kappa shape index (κ1) is 13.9. The smallest absolute Gasteiger partial charge is 0.334 e. The first-order valence-electron chi connectivity index (χ1n) is 5.01. The van der Waals surface area contributed by atoms with Gasteiger partial charge < -0.3 is 9.47 Å². The summed E-state index contributed by atoms with van der Waals surface area (Å²) in [7, 11) is 0. The molecule has 0 aromatic heterocycles. The standard InChI is InChI=1S/C12H12Cl2O3/c1-3-16-11(15)7-8(2)17-10-6-4-5-9(13)12(10)14/h4-7H,3H2,1-2H3/b8-7-. The fourth-order valence-electron chi connectivity index (χ4n) is 1.12. The average Bonchev–Trinajstić information content (AvgIpc) is 2.25. The first-order chi connectivity index (χ1) is 8.04. The SMILES string of the molecule is CCOC(=O)/C=C(/C)Oc1cccc(Cl)c1Cl. The topological polar surface area (TPSA) is 35.5 Å². The van der Waals surface area contributed by atoms with Gasteiger partial charge in [0.2, 0.25) is 0 Å². The highest BCUT2D eigenvalue weighted by molar-refractivity contribution is 6.42. The molecule has 0 amide bonds. The predicted octanol–water partition coefficient (Wildman–Crippen LogP) is 3.84. The van der Waals surface area contributed by atoms with Gasteiger partial charge in [-0.3, -0.25) is 0 Å². The quantitative estimate of drug-likeness (QED) is 0.476. The van der Waals surface area contributed by atoms with Gasteiger partial charge in [0.1, 0.15) is 16.5 Å². The molecule has 0 aliphatic rings. The van der Waals surface area contributed by atoms with E-state index < -0.39 is 5.97 Å². The van der Waals surface area contributed by atoms with Crippen LogP contribution in [0.2, 0.25) is 10.0 Å². The molecule has 0 aliphatic heterocycles. The zero-order valence-electron chi connectivity index (χ0n) is 9.50. The Balaban J connectivity index is 2.77. The van der Waals surface area contributed by atoms with E-state index in [0.29, 0.717) is 28.2 Å². The van der Waals surface area contributed by atoms with E-state index in [4.69, 9.17) is 32.7 Å². The lowest BCUT2D eigenvalue weighted by atomic mass is 10.3. The van der Waals surface area contributed by atoms with Crippen molar-refractivity contribution in [2.75, 3.05) is 6.61 Å². The molecule has 0 spiro atoms. The minimum atomic E-state index is -0.455. The molecule has 0 fully saturated rings. The largest absolute Gasteiger partial charge is 0.463 e. The lowest BCUT2D eigenvalue weighted by molar-refractivity contribution is -0.137. The summed E-state index contributed by atoms with van der Waals surface area (Å²) in [6, 6.07) is 5.03. The Hall–Kier alpha value is -1.19. The van der Waals surface area contributed by atoms with Crippen LogP contribution in [-0.4, -0.2) is 12.6 Å². The summed E-state index contributed by atoms with van der Waals surface area (Å²) in [5.74, 6) is 0.327. The number of carbonyl (C=O) groups is 1. The first-order valence-corrected chi connectivity index (χ1v) is 5.77. The van der Waals surface area contributed by atoms with E-state index in [-0.39, 0.29) is 0 Å². The normalized spacial score (nSPS) is 11.2. The van der Waals surface area contributed by atoms with Crippen molar-refractivity contribution < 1.29 is 14.3 Å². The number of rotatable bonds is 4. The monoisotopic (exact) mass is 274 g/mol. The molecule has 0 N–H and O–H groups in total. The molecule has 92 valence electrons. The maximum absolute atomic E-state index is 11.2. The highest BCUT2D eigenvalue weighted by atomic mass is 35.5. The van der Waals surface area contributed by atoms with Crippen molar-refractivity contribution >= 4 is 29.2 Å². The molecule has 0 bridgehead atoms. The van der Waals surface area contributed by atoms with E-state index in [1.807, 2.05) is 0 Å². The predicted molar refractivity (Wildman–Crippen MR) is 67.5 cm³/mol. The lowest BCUT2D eigenvalue weighted by Gasteiger charge is -2.08. The number of hydrogen-bond acceptors (Lipinski definition) is 3. The van der Waals surface area contributed by atoms with Crippen LogP contribution in [0.1, 0.15) is 13.8 Å². The second-order valence-electron chi connectivity index (χ2n) is 3.16. The number of halogens is 2. The van der Waals surface area contributed by atoms with Crippen molar-refractivity contribution in [3.8, 4) is 5.75 Å². The highest BCUT2D eigenvalue weighted by Crippen LogP contribution is 2.32. The molecule has 1 aromatic carbocycles. The van der Waals surface area contributed by atoms with Gasteiger partial charge >= 0.3 is 5.97 Å². The van der Waals surface area contributed by atoms with E-state index >= 15 is 0 Å². The summed E-state index contributed by atoms with van der Waals surface area (Å²) in [6.07, 6.45) is 1.25. The van der Waals surface area contributed by atoms with Gasteiger partial charge in [0.15, 0.2) is 0 Å². The molecular weight excluding hydrogens is 263 g/mol. The number of esters is 1. The van der Waals surface area contributed by atoms with Gasteiger partial charge in [-0.25, -0.2) is 4.79 Å². The van der Waals surface area contributed by atoms with Gasteiger partial charge in [0.25, 0.3) is 0 Å². The third kappa shape index (κ3) is 4.29. The second-order valence-corrected chi connectivity index (χ2v) is 3.95. The van der Waals surface area contributed by atoms with Crippen molar-refractivity contribution in [1.82, 2.24) is 0 Å². The van der Waals surface area contributed by atoms with Crippen LogP contribution in [0.4, 0.5) is 0 Å². The molecular formula is C12H12Cl2O3. The highest BCUT2D eigenvalue weighted by Gasteiger charge is 2.07. The Morgan fingerprint density at radius 1 is 1.41 bits per heavy atom. The third-order valence-electron chi connectivity index (χ3n) is 1.79. The van der Waals surface area contributed by atoms with Crippen LogP contribution in [0.25, 0.3) is 0 Å². The zero-order valence-corrected chi connectivity index (χ0v) is 11.0. The van der Waals surface area contributed by atoms with Crippen LogP contribution in [0.15, 0.2) is 30.0 Å². The van der Waals surface area contributed by atoms with Gasteiger partial charge in [-0.05, 0) is 26.0 Å². The van der Waals surface area contributed by atoms with E-state index in [9.17, 15) is 4.79 Å². The fraction of sp³-hybridized carbons (Fsp3) is 0.250. The fourth-order valence-corrected chi connectivity index (χ4v) is 1.45. The molecule has 0 saturated carbocycles. The Morgan fingerprint density at radius 2 is 2.12 bits per heavy atom. The van der Waals surface area contributed by atoms with E-state index in [1.165, 1.54) is 6.08 Å².